The molecule has 0 radical (unpaired) electrons. The maximum absolute atomic E-state index is 6.06. The van der Waals surface area contributed by atoms with E-state index in [2.05, 4.69) is 20.9 Å². The summed E-state index contributed by atoms with van der Waals surface area (Å²) in [7, 11) is 0. The summed E-state index contributed by atoms with van der Waals surface area (Å²) in [4.78, 5) is 9.22. The van der Waals surface area contributed by atoms with Crippen molar-refractivity contribution < 1.29 is 0 Å². The van der Waals surface area contributed by atoms with Crippen molar-refractivity contribution in [3.05, 3.63) is 47.1 Å². The van der Waals surface area contributed by atoms with Crippen molar-refractivity contribution in [2.45, 2.75) is 6.92 Å². The summed E-state index contributed by atoms with van der Waals surface area (Å²) in [5, 5.41) is 0.783. The summed E-state index contributed by atoms with van der Waals surface area (Å²) in [6.45, 7) is 5.77. The molecule has 1 fully saturated rings. The normalized spacial score (nSPS) is 15.3. The van der Waals surface area contributed by atoms with Crippen molar-refractivity contribution in [2.24, 2.45) is 0 Å². The maximum Gasteiger partial charge on any atom is 0.129 e. The van der Waals surface area contributed by atoms with Crippen LogP contribution in [-0.4, -0.2) is 31.2 Å². The molecular formula is C16H19ClN4. The van der Waals surface area contributed by atoms with Crippen molar-refractivity contribution in [1.82, 2.24) is 4.98 Å². The second-order valence-corrected chi connectivity index (χ2v) is 5.73. The van der Waals surface area contributed by atoms with Gasteiger partial charge in [0, 0.05) is 36.9 Å². The van der Waals surface area contributed by atoms with E-state index in [1.165, 1.54) is 5.69 Å². The van der Waals surface area contributed by atoms with E-state index in [0.717, 1.165) is 48.4 Å². The van der Waals surface area contributed by atoms with E-state index in [-0.39, 0.29) is 0 Å². The van der Waals surface area contributed by atoms with Gasteiger partial charge < -0.3 is 15.5 Å². The highest BCUT2D eigenvalue weighted by Gasteiger charge is 2.18. The Kier molecular flexibility index (Phi) is 3.88. The Bertz CT molecular complexity index is 636. The third-order valence-corrected chi connectivity index (χ3v) is 4.12. The van der Waals surface area contributed by atoms with Crippen LogP contribution in [0.5, 0.6) is 0 Å². The summed E-state index contributed by atoms with van der Waals surface area (Å²) in [5.41, 5.74) is 8.65. The summed E-state index contributed by atoms with van der Waals surface area (Å²) in [6, 6.07) is 12.0. The predicted octanol–water partition coefficient (Wildman–Crippen LogP) is 2.95. The quantitative estimate of drug-likeness (QED) is 0.926. The van der Waals surface area contributed by atoms with E-state index in [4.69, 9.17) is 17.3 Å². The zero-order valence-corrected chi connectivity index (χ0v) is 12.8. The standard InChI is InChI=1S/C16H19ClN4/c1-12-15(18)5-6-16(19-12)21-9-7-20(8-10-21)14-4-2-3-13(17)11-14/h2-6,11H,7-10,18H2,1H3. The number of piperazine rings is 1. The number of benzene rings is 1. The highest BCUT2D eigenvalue weighted by molar-refractivity contribution is 6.30. The highest BCUT2D eigenvalue weighted by atomic mass is 35.5. The number of hydrogen-bond acceptors (Lipinski definition) is 4. The average molecular weight is 303 g/mol. The minimum absolute atomic E-state index is 0.747. The first-order valence-corrected chi connectivity index (χ1v) is 7.50. The van der Waals surface area contributed by atoms with E-state index < -0.39 is 0 Å². The molecular weight excluding hydrogens is 284 g/mol. The van der Waals surface area contributed by atoms with Gasteiger partial charge in [-0.25, -0.2) is 4.98 Å². The molecule has 0 amide bonds. The van der Waals surface area contributed by atoms with Crippen LogP contribution in [0, 0.1) is 6.92 Å². The second kappa shape index (κ2) is 5.82. The van der Waals surface area contributed by atoms with E-state index in [9.17, 15) is 0 Å². The molecule has 0 atom stereocenters. The van der Waals surface area contributed by atoms with Gasteiger partial charge in [0.15, 0.2) is 0 Å². The molecule has 2 heterocycles. The highest BCUT2D eigenvalue weighted by Crippen LogP contribution is 2.23. The smallest absolute Gasteiger partial charge is 0.129 e. The van der Waals surface area contributed by atoms with Crippen LogP contribution in [-0.2, 0) is 0 Å². The van der Waals surface area contributed by atoms with Gasteiger partial charge in [0.05, 0.1) is 11.4 Å². The first-order valence-electron chi connectivity index (χ1n) is 7.12. The Labute approximate surface area is 130 Å². The van der Waals surface area contributed by atoms with Crippen LogP contribution in [0.3, 0.4) is 0 Å². The number of hydrogen-bond donors (Lipinski definition) is 1. The Morgan fingerprint density at radius 2 is 1.76 bits per heavy atom. The molecule has 1 aromatic carbocycles. The fourth-order valence-corrected chi connectivity index (χ4v) is 2.79. The van der Waals surface area contributed by atoms with Crippen LogP contribution in [0.4, 0.5) is 17.2 Å². The first-order chi connectivity index (χ1) is 10.1. The van der Waals surface area contributed by atoms with Gasteiger partial charge in [0.25, 0.3) is 0 Å². The molecule has 0 saturated carbocycles. The lowest BCUT2D eigenvalue weighted by atomic mass is 10.2. The average Bonchev–Trinajstić information content (AvgIpc) is 2.50. The Morgan fingerprint density at radius 1 is 1.05 bits per heavy atom. The van der Waals surface area contributed by atoms with Crippen molar-refractivity contribution in [3.63, 3.8) is 0 Å². The van der Waals surface area contributed by atoms with Crippen molar-refractivity contribution in [2.75, 3.05) is 41.7 Å². The van der Waals surface area contributed by atoms with Gasteiger partial charge in [0.2, 0.25) is 0 Å². The SMILES string of the molecule is Cc1nc(N2CCN(c3cccc(Cl)c3)CC2)ccc1N. The minimum atomic E-state index is 0.747. The summed E-state index contributed by atoms with van der Waals surface area (Å²) < 4.78 is 0. The molecule has 1 aliphatic heterocycles. The molecule has 1 aromatic heterocycles. The molecule has 0 unspecified atom stereocenters. The largest absolute Gasteiger partial charge is 0.397 e. The van der Waals surface area contributed by atoms with Gasteiger partial charge in [-0.3, -0.25) is 0 Å². The van der Waals surface area contributed by atoms with Gasteiger partial charge in [-0.05, 0) is 37.3 Å². The summed E-state index contributed by atoms with van der Waals surface area (Å²) in [5.74, 6) is 1.01. The molecule has 3 rings (SSSR count). The van der Waals surface area contributed by atoms with Gasteiger partial charge in [0.1, 0.15) is 5.82 Å². The van der Waals surface area contributed by atoms with E-state index in [0.29, 0.717) is 0 Å². The van der Waals surface area contributed by atoms with Crippen LogP contribution >= 0.6 is 11.6 Å². The van der Waals surface area contributed by atoms with Gasteiger partial charge in [-0.15, -0.1) is 0 Å². The first kappa shape index (κ1) is 14.0. The molecule has 2 N–H and O–H groups in total. The number of halogens is 1. The maximum atomic E-state index is 6.06. The van der Waals surface area contributed by atoms with Crippen LogP contribution in [0.1, 0.15) is 5.69 Å². The Hall–Kier alpha value is -1.94. The van der Waals surface area contributed by atoms with E-state index in [1.54, 1.807) is 0 Å². The predicted molar refractivity (Wildman–Crippen MR) is 89.3 cm³/mol. The number of nitrogens with zero attached hydrogens (tertiary/aromatic N) is 3. The lowest BCUT2D eigenvalue weighted by Gasteiger charge is -2.37. The molecule has 1 saturated heterocycles. The number of aromatic nitrogens is 1. The van der Waals surface area contributed by atoms with Crippen LogP contribution in [0.2, 0.25) is 5.02 Å². The molecule has 110 valence electrons. The monoisotopic (exact) mass is 302 g/mol. The molecule has 5 heteroatoms. The van der Waals surface area contributed by atoms with E-state index >= 15 is 0 Å². The number of anilines is 3. The molecule has 0 bridgehead atoms. The lowest BCUT2D eigenvalue weighted by molar-refractivity contribution is 0.647. The lowest BCUT2D eigenvalue weighted by Crippen LogP contribution is -2.46. The number of nitrogens with two attached hydrogens (primary N) is 1. The van der Waals surface area contributed by atoms with Crippen LogP contribution in [0.15, 0.2) is 36.4 Å². The molecule has 0 spiro atoms. The van der Waals surface area contributed by atoms with Gasteiger partial charge >= 0.3 is 0 Å². The molecule has 21 heavy (non-hydrogen) atoms. The van der Waals surface area contributed by atoms with E-state index in [1.807, 2.05) is 37.3 Å². The van der Waals surface area contributed by atoms with Crippen molar-refractivity contribution >= 4 is 28.8 Å². The topological polar surface area (TPSA) is 45.4 Å². The second-order valence-electron chi connectivity index (χ2n) is 5.30. The number of rotatable bonds is 2. The third kappa shape index (κ3) is 3.05. The van der Waals surface area contributed by atoms with Crippen LogP contribution < -0.4 is 15.5 Å². The molecule has 0 aliphatic carbocycles. The number of nitrogen functional groups attached to an aromatic ring is 1. The summed E-state index contributed by atoms with van der Waals surface area (Å²) in [6.07, 6.45) is 0. The molecule has 4 nitrogen and oxygen atoms in total. The van der Waals surface area contributed by atoms with Crippen molar-refractivity contribution in [1.29, 1.82) is 0 Å². The number of aryl methyl sites for hydroxylation is 1. The fourth-order valence-electron chi connectivity index (χ4n) is 2.60. The zero-order chi connectivity index (χ0) is 14.8. The third-order valence-electron chi connectivity index (χ3n) is 3.89. The number of pyridine rings is 1. The minimum Gasteiger partial charge on any atom is -0.397 e. The molecule has 2 aromatic rings. The zero-order valence-electron chi connectivity index (χ0n) is 12.1. The Morgan fingerprint density at radius 3 is 2.43 bits per heavy atom. The van der Waals surface area contributed by atoms with Crippen molar-refractivity contribution in [3.8, 4) is 0 Å². The van der Waals surface area contributed by atoms with Gasteiger partial charge in [-0.2, -0.15) is 0 Å². The summed E-state index contributed by atoms with van der Waals surface area (Å²) >= 11 is 6.06. The Balaban J connectivity index is 1.68. The fraction of sp³-hybridized carbons (Fsp3) is 0.312. The van der Waals surface area contributed by atoms with Gasteiger partial charge in [-0.1, -0.05) is 17.7 Å². The molecule has 1 aliphatic rings. The van der Waals surface area contributed by atoms with Crippen LogP contribution in [0.25, 0.3) is 0 Å².